The second-order valence-corrected chi connectivity index (χ2v) is 15.8. The predicted molar refractivity (Wildman–Crippen MR) is 143 cm³/mol. The van der Waals surface area contributed by atoms with E-state index in [0.29, 0.717) is 39.6 Å². The van der Waals surface area contributed by atoms with Crippen LogP contribution in [0.1, 0.15) is 80.1 Å². The molecule has 0 bridgehead atoms. The molecule has 0 saturated heterocycles. The van der Waals surface area contributed by atoms with Gasteiger partial charge in [-0.15, -0.1) is 0 Å². The van der Waals surface area contributed by atoms with Gasteiger partial charge in [-0.05, 0) is 38.5 Å². The highest BCUT2D eigenvalue weighted by Gasteiger charge is 2.42. The van der Waals surface area contributed by atoms with Gasteiger partial charge in [0.1, 0.15) is 0 Å². The summed E-state index contributed by atoms with van der Waals surface area (Å²) in [5, 5.41) is 0. The summed E-state index contributed by atoms with van der Waals surface area (Å²) in [6.45, 7) is 16.9. The topological polar surface area (TPSA) is 55.4 Å². The second kappa shape index (κ2) is 22.4. The van der Waals surface area contributed by atoms with Gasteiger partial charge in [0, 0.05) is 63.2 Å². The van der Waals surface area contributed by atoms with Crippen molar-refractivity contribution in [1.29, 1.82) is 0 Å². The predicted octanol–water partition coefficient (Wildman–Crippen LogP) is 6.81. The molecule has 0 saturated carbocycles. The highest BCUT2D eigenvalue weighted by Crippen LogP contribution is 2.30. The van der Waals surface area contributed by atoms with Crippen LogP contribution in [0.4, 0.5) is 0 Å². The van der Waals surface area contributed by atoms with Gasteiger partial charge in [-0.1, -0.05) is 63.1 Å². The summed E-state index contributed by atoms with van der Waals surface area (Å²) in [7, 11) is -1.50. The van der Waals surface area contributed by atoms with Gasteiger partial charge in [0.2, 0.25) is 0 Å². The fourth-order valence-electron chi connectivity index (χ4n) is 2.68. The Morgan fingerprint density at radius 2 is 0.625 bits per heavy atom. The Balaban J connectivity index is 4.72. The first-order valence-corrected chi connectivity index (χ1v) is 19.0. The Labute approximate surface area is 208 Å². The molecule has 194 valence electrons. The molecule has 0 aliphatic heterocycles. The van der Waals surface area contributed by atoms with Gasteiger partial charge in [-0.2, -0.15) is 0 Å². The van der Waals surface area contributed by atoms with Crippen molar-refractivity contribution >= 4 is 39.2 Å². The molecular weight excluding hydrogens is 481 g/mol. The number of hydrogen-bond acceptors (Lipinski definition) is 8. The molecule has 10 heteroatoms. The summed E-state index contributed by atoms with van der Waals surface area (Å²) < 4.78 is 37.2. The zero-order valence-corrected chi connectivity index (χ0v) is 25.2. The van der Waals surface area contributed by atoms with E-state index in [4.69, 9.17) is 26.6 Å². The van der Waals surface area contributed by atoms with Crippen LogP contribution >= 0.6 is 21.6 Å². The molecule has 0 rings (SSSR count). The first-order valence-electron chi connectivity index (χ1n) is 12.7. The van der Waals surface area contributed by atoms with Crippen LogP contribution in [0, 0.1) is 0 Å². The fourth-order valence-corrected chi connectivity index (χ4v) is 12.2. The molecular formula is C22H50O6S2Si2. The largest absolute Gasteiger partial charge is 0.501 e. The van der Waals surface area contributed by atoms with E-state index in [1.54, 1.807) is 0 Å². The van der Waals surface area contributed by atoms with E-state index in [1.165, 1.54) is 0 Å². The van der Waals surface area contributed by atoms with E-state index >= 15 is 0 Å². The third kappa shape index (κ3) is 15.7. The Morgan fingerprint density at radius 1 is 0.406 bits per heavy atom. The maximum absolute atomic E-state index is 6.20. The van der Waals surface area contributed by atoms with Crippen molar-refractivity contribution in [3.63, 3.8) is 0 Å². The standard InChI is InChI=1S/C22H50O6S2Si2/c1-7-13-23-31(24-14-8-2,25-15-9-3)21-19-29-30-20-22-32(26-16-10-4,27-17-11-5)28-18-12-6/h7-22H2,1-6H3. The normalized spacial score (nSPS) is 12.6. The lowest BCUT2D eigenvalue weighted by Crippen LogP contribution is -2.47. The lowest BCUT2D eigenvalue weighted by molar-refractivity contribution is 0.0600. The summed E-state index contributed by atoms with van der Waals surface area (Å²) in [6, 6.07) is 1.69. The Morgan fingerprint density at radius 3 is 0.812 bits per heavy atom. The van der Waals surface area contributed by atoms with Crippen molar-refractivity contribution in [2.75, 3.05) is 51.1 Å². The van der Waals surface area contributed by atoms with Gasteiger partial charge in [-0.25, -0.2) is 0 Å². The minimum Gasteiger partial charge on any atom is -0.373 e. The second-order valence-electron chi connectivity index (χ2n) is 7.60. The van der Waals surface area contributed by atoms with Gasteiger partial charge in [0.15, 0.2) is 0 Å². The fraction of sp³-hybridized carbons (Fsp3) is 1.00. The van der Waals surface area contributed by atoms with Crippen molar-refractivity contribution in [3.05, 3.63) is 0 Å². The highest BCUT2D eigenvalue weighted by atomic mass is 33.1. The molecule has 0 radical (unpaired) electrons. The zero-order chi connectivity index (χ0) is 24.0. The van der Waals surface area contributed by atoms with Crippen LogP contribution in [0.15, 0.2) is 0 Å². The molecule has 0 atom stereocenters. The van der Waals surface area contributed by atoms with E-state index in [2.05, 4.69) is 41.5 Å². The third-order valence-electron chi connectivity index (χ3n) is 4.22. The molecule has 0 unspecified atom stereocenters. The molecule has 0 heterocycles. The van der Waals surface area contributed by atoms with Gasteiger partial charge in [0.25, 0.3) is 0 Å². The van der Waals surface area contributed by atoms with Gasteiger partial charge >= 0.3 is 17.6 Å². The quantitative estimate of drug-likeness (QED) is 0.0725. The number of rotatable bonds is 25. The summed E-state index contributed by atoms with van der Waals surface area (Å²) in [4.78, 5) is 0. The first kappa shape index (κ1) is 32.9. The van der Waals surface area contributed by atoms with Crippen LogP contribution in [0.2, 0.25) is 12.1 Å². The summed E-state index contributed by atoms with van der Waals surface area (Å²) in [5.74, 6) is 1.90. The van der Waals surface area contributed by atoms with Gasteiger partial charge < -0.3 is 26.6 Å². The summed E-state index contributed by atoms with van der Waals surface area (Å²) in [5.41, 5.74) is 0. The van der Waals surface area contributed by atoms with Gasteiger partial charge in [-0.3, -0.25) is 0 Å². The molecule has 0 aromatic carbocycles. The molecule has 0 fully saturated rings. The molecule has 0 aromatic rings. The van der Waals surface area contributed by atoms with E-state index in [-0.39, 0.29) is 0 Å². The Kier molecular flexibility index (Phi) is 23.0. The average Bonchev–Trinajstić information content (AvgIpc) is 2.82. The molecule has 32 heavy (non-hydrogen) atoms. The van der Waals surface area contributed by atoms with Crippen LogP contribution in [-0.4, -0.2) is 68.8 Å². The third-order valence-corrected chi connectivity index (χ3v) is 12.9. The van der Waals surface area contributed by atoms with Gasteiger partial charge in [0.05, 0.1) is 0 Å². The maximum atomic E-state index is 6.20. The average molecular weight is 531 g/mol. The van der Waals surface area contributed by atoms with Crippen LogP contribution in [0.3, 0.4) is 0 Å². The smallest absolute Gasteiger partial charge is 0.373 e. The zero-order valence-electron chi connectivity index (χ0n) is 21.6. The summed E-state index contributed by atoms with van der Waals surface area (Å²) >= 11 is 0. The lowest BCUT2D eigenvalue weighted by atomic mass is 10.5. The Bertz CT molecular complexity index is 331. The molecule has 0 aromatic heterocycles. The van der Waals surface area contributed by atoms with E-state index in [9.17, 15) is 0 Å². The molecule has 0 N–H and O–H groups in total. The van der Waals surface area contributed by atoms with Crippen LogP contribution < -0.4 is 0 Å². The highest BCUT2D eigenvalue weighted by molar-refractivity contribution is 8.76. The maximum Gasteiger partial charge on any atom is 0.501 e. The number of hydrogen-bond donors (Lipinski definition) is 0. The molecule has 0 amide bonds. The van der Waals surface area contributed by atoms with E-state index < -0.39 is 17.6 Å². The lowest BCUT2D eigenvalue weighted by Gasteiger charge is -2.30. The summed E-state index contributed by atoms with van der Waals surface area (Å²) in [6.07, 6.45) is 5.84. The molecule has 0 spiro atoms. The minimum atomic E-state index is -2.61. The van der Waals surface area contributed by atoms with Crippen LogP contribution in [0.5, 0.6) is 0 Å². The van der Waals surface area contributed by atoms with Crippen molar-refractivity contribution in [2.24, 2.45) is 0 Å². The Hall–Kier alpha value is 0.894. The van der Waals surface area contributed by atoms with Crippen LogP contribution in [0.25, 0.3) is 0 Å². The monoisotopic (exact) mass is 530 g/mol. The van der Waals surface area contributed by atoms with E-state index in [0.717, 1.165) is 62.1 Å². The minimum absolute atomic E-state index is 0.698. The van der Waals surface area contributed by atoms with Crippen molar-refractivity contribution in [1.82, 2.24) is 0 Å². The van der Waals surface area contributed by atoms with Crippen LogP contribution in [-0.2, 0) is 26.6 Å². The first-order chi connectivity index (χ1) is 15.6. The molecule has 6 nitrogen and oxygen atoms in total. The van der Waals surface area contributed by atoms with Crippen molar-refractivity contribution < 1.29 is 26.6 Å². The molecule has 0 aliphatic carbocycles. The SMILES string of the molecule is CCCO[Si](CCSSCC[Si](OCCC)(OCCC)OCCC)(OCCC)OCCC. The van der Waals surface area contributed by atoms with E-state index in [1.807, 2.05) is 21.6 Å². The van der Waals surface area contributed by atoms with Crippen molar-refractivity contribution in [2.45, 2.75) is 92.2 Å². The molecule has 0 aliphatic rings. The van der Waals surface area contributed by atoms with Crippen molar-refractivity contribution in [3.8, 4) is 0 Å².